The SMILES string of the molecule is C1Cc2c(c3c4c(c5c6c(c7c8c(c9c%10c(c2c2c3c5c7c92)CCC%10)CCC8)CCC6)CCC4)C1. The fourth-order valence-electron chi connectivity index (χ4n) is 10.8. The lowest BCUT2D eigenvalue weighted by atomic mass is 9.84. The van der Waals surface area contributed by atoms with Crippen LogP contribution in [0.2, 0.25) is 0 Å². The molecule has 0 atom stereocenters. The largest absolute Gasteiger partial charge is 0.0451 e. The van der Waals surface area contributed by atoms with E-state index in [1.54, 1.807) is 109 Å². The van der Waals surface area contributed by atoms with Gasteiger partial charge in [0.1, 0.15) is 0 Å². The fraction of sp³-hybridized carbons (Fsp3) is 0.429. The highest BCUT2D eigenvalue weighted by Crippen LogP contribution is 2.60. The zero-order valence-corrected chi connectivity index (χ0v) is 20.6. The smallest absolute Gasteiger partial charge is 0.000770 e. The maximum absolute atomic E-state index is 1.80. The van der Waals surface area contributed by atoms with E-state index >= 15 is 0 Å². The molecule has 6 aromatic carbocycles. The molecule has 170 valence electrons. The van der Waals surface area contributed by atoms with Crippen LogP contribution in [0.4, 0.5) is 0 Å². The predicted molar refractivity (Wildman–Crippen MR) is 148 cm³/mol. The minimum Gasteiger partial charge on any atom is -0.0451 e. The van der Waals surface area contributed by atoms with Gasteiger partial charge in [0.25, 0.3) is 0 Å². The van der Waals surface area contributed by atoms with Gasteiger partial charge in [0.15, 0.2) is 0 Å². The first-order valence-electron chi connectivity index (χ1n) is 14.8. The molecule has 5 aliphatic rings. The molecule has 5 aliphatic carbocycles. The lowest BCUT2D eigenvalue weighted by Gasteiger charge is -2.19. The second kappa shape index (κ2) is 5.54. The molecule has 0 radical (unpaired) electrons. The first-order valence-corrected chi connectivity index (χ1v) is 14.8. The van der Waals surface area contributed by atoms with Gasteiger partial charge in [0.05, 0.1) is 0 Å². The Balaban J connectivity index is 1.61. The molecule has 0 spiro atoms. The number of benzene rings is 5. The van der Waals surface area contributed by atoms with Gasteiger partial charge >= 0.3 is 0 Å². The van der Waals surface area contributed by atoms with Crippen LogP contribution in [0.25, 0.3) is 53.9 Å². The number of fused-ring (bicyclic) bond motifs is 15. The Morgan fingerprint density at radius 1 is 0.171 bits per heavy atom. The van der Waals surface area contributed by atoms with E-state index in [9.17, 15) is 0 Å². The summed E-state index contributed by atoms with van der Waals surface area (Å²) in [6, 6.07) is 0. The highest BCUT2D eigenvalue weighted by molar-refractivity contribution is 6.47. The molecule has 0 aliphatic heterocycles. The van der Waals surface area contributed by atoms with Crippen LogP contribution < -0.4 is 0 Å². The van der Waals surface area contributed by atoms with Crippen LogP contribution in [0.3, 0.4) is 0 Å². The standard InChI is InChI=1S/C35H30/c1-6-16-17(7-1)27-19-9-3-11-21(19)29-23-13-5-15-25(23)30-24-14-4-12-22(24)28-20-10-2-8-18(20)26(16)31-32(27)34(29)35(30)33(28)31/h1-15H2. The van der Waals surface area contributed by atoms with Crippen molar-refractivity contribution in [2.24, 2.45) is 0 Å². The molecule has 0 amide bonds. The van der Waals surface area contributed by atoms with E-state index in [1.165, 1.54) is 96.3 Å². The van der Waals surface area contributed by atoms with Crippen molar-refractivity contribution in [3.63, 3.8) is 0 Å². The molecular formula is C35H30. The van der Waals surface area contributed by atoms with Gasteiger partial charge in [-0.15, -0.1) is 0 Å². The van der Waals surface area contributed by atoms with Gasteiger partial charge < -0.3 is 0 Å². The Bertz CT molecular complexity index is 1520. The van der Waals surface area contributed by atoms with E-state index in [4.69, 9.17) is 0 Å². The monoisotopic (exact) mass is 450 g/mol. The summed E-state index contributed by atoms with van der Waals surface area (Å²) in [6.07, 6.45) is 20.1. The van der Waals surface area contributed by atoms with Crippen molar-refractivity contribution in [3.05, 3.63) is 55.6 Å². The minimum absolute atomic E-state index is 1.33. The van der Waals surface area contributed by atoms with Crippen LogP contribution in [0, 0.1) is 0 Å². The van der Waals surface area contributed by atoms with Crippen LogP contribution in [0.1, 0.15) is 87.7 Å². The summed E-state index contributed by atoms with van der Waals surface area (Å²) in [7, 11) is 0. The van der Waals surface area contributed by atoms with Crippen LogP contribution in [0.5, 0.6) is 0 Å². The van der Waals surface area contributed by atoms with Gasteiger partial charge in [-0.3, -0.25) is 0 Å². The molecule has 0 fully saturated rings. The lowest BCUT2D eigenvalue weighted by Crippen LogP contribution is -1.99. The summed E-state index contributed by atoms with van der Waals surface area (Å²) in [5, 5.41) is 17.7. The van der Waals surface area contributed by atoms with Crippen LogP contribution in [-0.4, -0.2) is 0 Å². The van der Waals surface area contributed by atoms with Gasteiger partial charge in [0.2, 0.25) is 0 Å². The van der Waals surface area contributed by atoms with E-state index in [1.807, 2.05) is 0 Å². The highest BCUT2D eigenvalue weighted by atomic mass is 14.4. The fourth-order valence-corrected chi connectivity index (χ4v) is 10.8. The summed E-state index contributed by atoms with van der Waals surface area (Å²) < 4.78 is 0. The van der Waals surface area contributed by atoms with Gasteiger partial charge in [0, 0.05) is 0 Å². The number of rotatable bonds is 0. The van der Waals surface area contributed by atoms with Crippen molar-refractivity contribution in [1.82, 2.24) is 0 Å². The molecule has 0 heterocycles. The van der Waals surface area contributed by atoms with E-state index in [0.717, 1.165) is 0 Å². The Kier molecular flexibility index (Phi) is 2.81. The molecule has 0 nitrogen and oxygen atoms in total. The zero-order valence-electron chi connectivity index (χ0n) is 20.6. The maximum Gasteiger partial charge on any atom is -0.000770 e. The molecule has 0 aromatic heterocycles. The van der Waals surface area contributed by atoms with Crippen molar-refractivity contribution in [1.29, 1.82) is 0 Å². The van der Waals surface area contributed by atoms with Crippen LogP contribution in [0.15, 0.2) is 0 Å². The van der Waals surface area contributed by atoms with Gasteiger partial charge in [-0.2, -0.15) is 0 Å². The van der Waals surface area contributed by atoms with Crippen molar-refractivity contribution in [3.8, 4) is 0 Å². The van der Waals surface area contributed by atoms with Gasteiger partial charge in [-0.25, -0.2) is 0 Å². The molecular weight excluding hydrogens is 420 g/mol. The summed E-state index contributed by atoms with van der Waals surface area (Å²) >= 11 is 0. The third-order valence-corrected chi connectivity index (χ3v) is 11.6. The molecule has 0 saturated carbocycles. The maximum atomic E-state index is 1.80. The third kappa shape index (κ3) is 1.67. The third-order valence-electron chi connectivity index (χ3n) is 11.6. The van der Waals surface area contributed by atoms with E-state index in [2.05, 4.69) is 0 Å². The number of hydrogen-bond acceptors (Lipinski definition) is 0. The Hall–Kier alpha value is -2.60. The first-order chi connectivity index (χ1) is 17.4. The highest BCUT2D eigenvalue weighted by Gasteiger charge is 2.38. The van der Waals surface area contributed by atoms with Crippen LogP contribution in [-0.2, 0) is 64.2 Å². The molecule has 0 saturated heterocycles. The Morgan fingerprint density at radius 2 is 0.314 bits per heavy atom. The van der Waals surface area contributed by atoms with Crippen molar-refractivity contribution in [2.75, 3.05) is 0 Å². The van der Waals surface area contributed by atoms with E-state index in [0.29, 0.717) is 0 Å². The van der Waals surface area contributed by atoms with Crippen LogP contribution >= 0.6 is 0 Å². The normalized spacial score (nSPS) is 20.6. The van der Waals surface area contributed by atoms with Gasteiger partial charge in [-0.1, -0.05) is 0 Å². The van der Waals surface area contributed by atoms with Crippen molar-refractivity contribution >= 4 is 53.9 Å². The molecule has 0 heteroatoms. The second-order valence-electron chi connectivity index (χ2n) is 12.8. The lowest BCUT2D eigenvalue weighted by molar-refractivity contribution is 0.906. The molecule has 0 unspecified atom stereocenters. The number of aryl methyl sites for hydroxylation is 10. The van der Waals surface area contributed by atoms with E-state index in [-0.39, 0.29) is 0 Å². The Morgan fingerprint density at radius 3 is 0.457 bits per heavy atom. The number of hydrogen-bond donors (Lipinski definition) is 0. The minimum atomic E-state index is 1.33. The van der Waals surface area contributed by atoms with Crippen molar-refractivity contribution in [2.45, 2.75) is 96.3 Å². The second-order valence-corrected chi connectivity index (χ2v) is 12.8. The summed E-state index contributed by atoms with van der Waals surface area (Å²) in [6.45, 7) is 0. The average Bonchev–Trinajstić information content (AvgIpc) is 3.72. The molecule has 0 N–H and O–H groups in total. The summed E-state index contributed by atoms with van der Waals surface area (Å²) in [5.41, 5.74) is 18.0. The molecule has 11 rings (SSSR count). The van der Waals surface area contributed by atoms with Crippen molar-refractivity contribution < 1.29 is 0 Å². The molecule has 0 bridgehead atoms. The quantitative estimate of drug-likeness (QED) is 0.205. The topological polar surface area (TPSA) is 0 Å². The Labute approximate surface area is 205 Å². The first kappa shape index (κ1) is 17.8. The predicted octanol–water partition coefficient (Wildman–Crippen LogP) is 8.21. The van der Waals surface area contributed by atoms with E-state index < -0.39 is 0 Å². The molecule has 6 aromatic rings. The summed E-state index contributed by atoms with van der Waals surface area (Å²) in [5.74, 6) is 0. The van der Waals surface area contributed by atoms with Gasteiger partial charge in [-0.05, 0) is 206 Å². The molecule has 35 heavy (non-hydrogen) atoms. The summed E-state index contributed by atoms with van der Waals surface area (Å²) in [4.78, 5) is 0. The average molecular weight is 451 g/mol. The zero-order chi connectivity index (χ0) is 22.2.